The normalized spacial score (nSPS) is 15.8. The number of nitrogens with zero attached hydrogens (tertiary/aromatic N) is 2. The summed E-state index contributed by atoms with van der Waals surface area (Å²) < 4.78 is 4.78. The highest BCUT2D eigenvalue weighted by atomic mass is 15.0. The maximum Gasteiger partial charge on any atom is 0.0492 e. The first kappa shape index (κ1) is 32.2. The maximum atomic E-state index is 3.96. The summed E-state index contributed by atoms with van der Waals surface area (Å²) in [5.74, 6) is 0.366. The van der Waals surface area contributed by atoms with Gasteiger partial charge < -0.3 is 9.13 Å². The molecule has 49 heavy (non-hydrogen) atoms. The van der Waals surface area contributed by atoms with Crippen LogP contribution in [0.4, 0.5) is 0 Å². The van der Waals surface area contributed by atoms with E-state index in [1.807, 2.05) is 42.5 Å². The van der Waals surface area contributed by atoms with Crippen molar-refractivity contribution in [2.24, 2.45) is 0 Å². The van der Waals surface area contributed by atoms with E-state index in [4.69, 9.17) is 0 Å². The van der Waals surface area contributed by atoms with Crippen LogP contribution in [0.15, 0.2) is 159 Å². The van der Waals surface area contributed by atoms with E-state index in [-0.39, 0.29) is 0 Å². The van der Waals surface area contributed by atoms with Gasteiger partial charge in [0.25, 0.3) is 0 Å². The Morgan fingerprint density at radius 2 is 1.61 bits per heavy atom. The van der Waals surface area contributed by atoms with Crippen molar-refractivity contribution < 1.29 is 0 Å². The Kier molecular flexibility index (Phi) is 9.75. The highest BCUT2D eigenvalue weighted by Gasteiger charge is 2.24. The molecule has 2 aliphatic rings. The summed E-state index contributed by atoms with van der Waals surface area (Å²) in [6.45, 7) is 9.46. The molecule has 0 saturated heterocycles. The second kappa shape index (κ2) is 14.8. The number of para-hydroxylation sites is 1. The molecule has 2 aliphatic carbocycles. The summed E-state index contributed by atoms with van der Waals surface area (Å²) in [4.78, 5) is 0. The van der Waals surface area contributed by atoms with Crippen molar-refractivity contribution in [3.05, 3.63) is 175 Å². The number of benzene rings is 4. The van der Waals surface area contributed by atoms with E-state index in [1.165, 1.54) is 66.1 Å². The summed E-state index contributed by atoms with van der Waals surface area (Å²) in [5, 5.41) is 5.28. The molecule has 0 aliphatic heterocycles. The van der Waals surface area contributed by atoms with Gasteiger partial charge in [-0.25, -0.2) is 0 Å². The van der Waals surface area contributed by atoms with Gasteiger partial charge in [-0.2, -0.15) is 0 Å². The van der Waals surface area contributed by atoms with Crippen molar-refractivity contribution in [3.63, 3.8) is 0 Å². The van der Waals surface area contributed by atoms with Gasteiger partial charge in [0.05, 0.1) is 0 Å². The average Bonchev–Trinajstić information content (AvgIpc) is 3.74. The van der Waals surface area contributed by atoms with Crippen molar-refractivity contribution in [1.82, 2.24) is 9.13 Å². The van der Waals surface area contributed by atoms with Crippen molar-refractivity contribution in [2.75, 3.05) is 0 Å². The summed E-state index contributed by atoms with van der Waals surface area (Å²) in [6.07, 6.45) is 30.3. The molecular formula is C47H46N2. The van der Waals surface area contributed by atoms with Crippen LogP contribution in [0.3, 0.4) is 0 Å². The van der Waals surface area contributed by atoms with E-state index in [0.29, 0.717) is 5.92 Å². The number of hydrogen-bond donors (Lipinski definition) is 0. The third-order valence-corrected chi connectivity index (χ3v) is 9.94. The zero-order chi connectivity index (χ0) is 33.6. The fraction of sp³-hybridized carbons (Fsp3) is 0.191. The van der Waals surface area contributed by atoms with E-state index in [9.17, 15) is 0 Å². The molecule has 0 fully saturated rings. The lowest BCUT2D eigenvalue weighted by molar-refractivity contribution is 0.827. The van der Waals surface area contributed by atoms with Crippen LogP contribution in [-0.2, 0) is 6.54 Å². The number of unbranched alkanes of at least 4 members (excludes halogenated alkanes) is 1. The molecule has 6 aromatic rings. The molecule has 2 aromatic heterocycles. The smallest absolute Gasteiger partial charge is 0.0492 e. The molecule has 2 heteroatoms. The Hall–Kier alpha value is -5.34. The molecule has 1 atom stereocenters. The molecule has 0 saturated carbocycles. The number of allylic oxidation sites excluding steroid dienone is 11. The monoisotopic (exact) mass is 638 g/mol. The van der Waals surface area contributed by atoms with Gasteiger partial charge in [0.15, 0.2) is 0 Å². The first-order valence-electron chi connectivity index (χ1n) is 17.8. The molecule has 1 unspecified atom stereocenters. The van der Waals surface area contributed by atoms with E-state index >= 15 is 0 Å². The molecule has 4 aromatic carbocycles. The largest absolute Gasteiger partial charge is 0.341 e. The molecule has 2 nitrogen and oxygen atoms in total. The van der Waals surface area contributed by atoms with Crippen molar-refractivity contribution in [1.29, 1.82) is 0 Å². The summed E-state index contributed by atoms with van der Waals surface area (Å²) in [7, 11) is 0. The maximum absolute atomic E-state index is 3.96. The fourth-order valence-corrected chi connectivity index (χ4v) is 7.58. The van der Waals surface area contributed by atoms with Gasteiger partial charge in [-0.1, -0.05) is 109 Å². The molecule has 0 spiro atoms. The summed E-state index contributed by atoms with van der Waals surface area (Å²) in [5.41, 5.74) is 10.9. The van der Waals surface area contributed by atoms with Crippen LogP contribution in [0.1, 0.15) is 68.6 Å². The molecular weight excluding hydrogens is 593 g/mol. The first-order valence-corrected chi connectivity index (χ1v) is 17.8. The topological polar surface area (TPSA) is 9.86 Å². The SMILES string of the molecule is C=CCC/C=C(\C)c1c(C2C=CC=CC2)cc2cn(-c3ccc4c(c3)c3ccccc3n4CC)cc2c1C1=CC=CCC1.c1ccccc1. The van der Waals surface area contributed by atoms with Gasteiger partial charge in [0.2, 0.25) is 0 Å². The standard InChI is InChI=1S/C41H40N2.C6H6/c1-4-6-9-16-29(3)40-35(30-17-10-7-11-18-30)25-32-27-42(28-37(32)41(40)31-19-12-8-13-20-31)33-23-24-39-36(26-33)34-21-14-15-22-38(34)43(39)5-2;1-2-4-6-5-3-1/h4,7-8,10-12,14-17,19,21-28,30H,1,5-6,9,13,18,20H2,2-3H3;1-6H/b29-16+;. The minimum Gasteiger partial charge on any atom is -0.341 e. The lowest BCUT2D eigenvalue weighted by atomic mass is 9.79. The number of fused-ring (bicyclic) bond motifs is 4. The van der Waals surface area contributed by atoms with Gasteiger partial charge in [0, 0.05) is 63.1 Å². The van der Waals surface area contributed by atoms with E-state index in [1.54, 1.807) is 0 Å². The van der Waals surface area contributed by atoms with E-state index in [0.717, 1.165) is 38.6 Å². The minimum absolute atomic E-state index is 0.366. The molecule has 8 rings (SSSR count). The number of aryl methyl sites for hydroxylation is 1. The predicted octanol–water partition coefficient (Wildman–Crippen LogP) is 13.1. The Balaban J connectivity index is 0.000000571. The molecule has 2 heterocycles. The quantitative estimate of drug-likeness (QED) is 0.116. The average molecular weight is 639 g/mol. The Morgan fingerprint density at radius 3 is 2.33 bits per heavy atom. The zero-order valence-corrected chi connectivity index (χ0v) is 28.9. The van der Waals surface area contributed by atoms with Crippen LogP contribution < -0.4 is 0 Å². The zero-order valence-electron chi connectivity index (χ0n) is 28.9. The minimum atomic E-state index is 0.366. The summed E-state index contributed by atoms with van der Waals surface area (Å²) >= 11 is 0. The Bertz CT molecular complexity index is 2240. The van der Waals surface area contributed by atoms with Crippen molar-refractivity contribution in [3.8, 4) is 5.69 Å². The van der Waals surface area contributed by atoms with Gasteiger partial charge >= 0.3 is 0 Å². The van der Waals surface area contributed by atoms with Crippen LogP contribution in [0, 0.1) is 0 Å². The van der Waals surface area contributed by atoms with Gasteiger partial charge in [0.1, 0.15) is 0 Å². The number of hydrogen-bond acceptors (Lipinski definition) is 0. The van der Waals surface area contributed by atoms with Gasteiger partial charge in [-0.05, 0) is 104 Å². The van der Waals surface area contributed by atoms with Gasteiger partial charge in [-0.3, -0.25) is 0 Å². The second-order valence-corrected chi connectivity index (χ2v) is 13.1. The van der Waals surface area contributed by atoms with Crippen molar-refractivity contribution in [2.45, 2.75) is 58.4 Å². The van der Waals surface area contributed by atoms with Crippen LogP contribution in [0.25, 0.3) is 49.4 Å². The summed E-state index contributed by atoms with van der Waals surface area (Å²) in [6, 6.07) is 30.2. The molecule has 0 bridgehead atoms. The van der Waals surface area contributed by atoms with E-state index in [2.05, 4.69) is 139 Å². The molecule has 0 N–H and O–H groups in total. The molecule has 0 radical (unpaired) electrons. The highest BCUT2D eigenvalue weighted by Crippen LogP contribution is 2.43. The highest BCUT2D eigenvalue weighted by molar-refractivity contribution is 6.09. The van der Waals surface area contributed by atoms with Crippen LogP contribution in [-0.4, -0.2) is 9.13 Å². The Labute approximate surface area is 291 Å². The van der Waals surface area contributed by atoms with Gasteiger partial charge in [-0.15, -0.1) is 6.58 Å². The Morgan fingerprint density at radius 1 is 0.816 bits per heavy atom. The number of aromatic nitrogens is 2. The third kappa shape index (κ3) is 6.56. The second-order valence-electron chi connectivity index (χ2n) is 13.1. The van der Waals surface area contributed by atoms with Crippen molar-refractivity contribution >= 4 is 43.7 Å². The van der Waals surface area contributed by atoms with Crippen LogP contribution in [0.2, 0.25) is 0 Å². The van der Waals surface area contributed by atoms with E-state index < -0.39 is 0 Å². The lowest BCUT2D eigenvalue weighted by Gasteiger charge is -2.24. The van der Waals surface area contributed by atoms with Crippen LogP contribution in [0.5, 0.6) is 0 Å². The third-order valence-electron chi connectivity index (χ3n) is 9.94. The number of rotatable bonds is 8. The fourth-order valence-electron chi connectivity index (χ4n) is 7.58. The lowest BCUT2D eigenvalue weighted by Crippen LogP contribution is -2.05. The molecule has 244 valence electrons. The molecule has 0 amide bonds. The van der Waals surface area contributed by atoms with Crippen LogP contribution >= 0.6 is 0 Å². The first-order chi connectivity index (χ1) is 24.2. The predicted molar refractivity (Wildman–Crippen MR) is 213 cm³/mol.